The lowest BCUT2D eigenvalue weighted by Crippen LogP contribution is -2.33. The van der Waals surface area contributed by atoms with Gasteiger partial charge in [-0.15, -0.1) is 0 Å². The van der Waals surface area contributed by atoms with Gasteiger partial charge < -0.3 is 16.0 Å². The van der Waals surface area contributed by atoms with Crippen LogP contribution in [0.15, 0.2) is 0 Å². The molecule has 1 aliphatic heterocycles. The van der Waals surface area contributed by atoms with E-state index in [9.17, 15) is 9.59 Å². The third-order valence-electron chi connectivity index (χ3n) is 2.90. The number of carbonyl (C=O) groups is 2. The van der Waals surface area contributed by atoms with Crippen molar-refractivity contribution in [1.29, 1.82) is 0 Å². The minimum absolute atomic E-state index is 0.00122. The first-order chi connectivity index (χ1) is 7.69. The number of likely N-dealkylation sites (tertiary alicyclic amines) is 1. The molecule has 5 nitrogen and oxygen atoms in total. The molecule has 1 aliphatic rings. The average Bonchev–Trinajstić information content (AvgIpc) is 2.66. The highest BCUT2D eigenvalue weighted by atomic mass is 16.2. The molecule has 0 saturated carbocycles. The molecule has 1 saturated heterocycles. The molecule has 0 aliphatic carbocycles. The monoisotopic (exact) mass is 227 g/mol. The van der Waals surface area contributed by atoms with E-state index in [0.717, 1.165) is 12.8 Å². The summed E-state index contributed by atoms with van der Waals surface area (Å²) in [6.07, 6.45) is 2.18. The Bertz CT molecular complexity index is 256. The summed E-state index contributed by atoms with van der Waals surface area (Å²) in [5, 5.41) is 2.85. The van der Waals surface area contributed by atoms with Crippen LogP contribution in [0.3, 0.4) is 0 Å². The van der Waals surface area contributed by atoms with Crippen molar-refractivity contribution >= 4 is 11.8 Å². The fourth-order valence-electron chi connectivity index (χ4n) is 1.88. The zero-order chi connectivity index (χ0) is 12.0. The first-order valence-electron chi connectivity index (χ1n) is 5.94. The van der Waals surface area contributed by atoms with Crippen molar-refractivity contribution in [3.8, 4) is 0 Å². The van der Waals surface area contributed by atoms with Gasteiger partial charge >= 0.3 is 0 Å². The lowest BCUT2D eigenvalue weighted by molar-refractivity contribution is -0.128. The summed E-state index contributed by atoms with van der Waals surface area (Å²) < 4.78 is 0. The highest BCUT2D eigenvalue weighted by Gasteiger charge is 2.32. The molecule has 92 valence electrons. The van der Waals surface area contributed by atoms with Crippen LogP contribution in [0.1, 0.15) is 26.2 Å². The van der Waals surface area contributed by atoms with Crippen molar-refractivity contribution in [2.75, 3.05) is 26.2 Å². The van der Waals surface area contributed by atoms with Crippen molar-refractivity contribution in [3.05, 3.63) is 0 Å². The number of unbranched alkanes of at least 4 members (excludes halogenated alkanes) is 1. The Kier molecular flexibility index (Phi) is 5.25. The summed E-state index contributed by atoms with van der Waals surface area (Å²) in [6, 6.07) is 0. The quantitative estimate of drug-likeness (QED) is 0.612. The second kappa shape index (κ2) is 6.48. The van der Waals surface area contributed by atoms with E-state index >= 15 is 0 Å². The van der Waals surface area contributed by atoms with Gasteiger partial charge in [0.25, 0.3) is 0 Å². The SMILES string of the molecule is CCN1CC(C(=O)NCCCCN)CC1=O. The molecule has 2 amide bonds. The molecule has 5 heteroatoms. The van der Waals surface area contributed by atoms with Gasteiger partial charge in [-0.25, -0.2) is 0 Å². The predicted molar refractivity (Wildman–Crippen MR) is 61.7 cm³/mol. The van der Waals surface area contributed by atoms with E-state index < -0.39 is 0 Å². The summed E-state index contributed by atoms with van der Waals surface area (Å²) in [7, 11) is 0. The number of amides is 2. The molecule has 1 atom stereocenters. The van der Waals surface area contributed by atoms with Gasteiger partial charge in [-0.1, -0.05) is 0 Å². The zero-order valence-electron chi connectivity index (χ0n) is 9.87. The molecule has 1 heterocycles. The molecular weight excluding hydrogens is 206 g/mol. The van der Waals surface area contributed by atoms with E-state index in [4.69, 9.17) is 5.73 Å². The minimum atomic E-state index is -0.162. The maximum atomic E-state index is 11.7. The molecule has 1 unspecified atom stereocenters. The van der Waals surface area contributed by atoms with Crippen LogP contribution in [-0.2, 0) is 9.59 Å². The molecule has 16 heavy (non-hydrogen) atoms. The third kappa shape index (κ3) is 3.48. The maximum Gasteiger partial charge on any atom is 0.225 e. The van der Waals surface area contributed by atoms with E-state index in [1.165, 1.54) is 0 Å². The van der Waals surface area contributed by atoms with E-state index in [1.54, 1.807) is 4.90 Å². The molecule has 0 radical (unpaired) electrons. The third-order valence-corrected chi connectivity index (χ3v) is 2.90. The molecule has 0 aromatic rings. The van der Waals surface area contributed by atoms with Gasteiger partial charge in [0.15, 0.2) is 0 Å². The Morgan fingerprint density at radius 2 is 2.31 bits per heavy atom. The van der Waals surface area contributed by atoms with Crippen LogP contribution < -0.4 is 11.1 Å². The number of nitrogens with two attached hydrogens (primary N) is 1. The summed E-state index contributed by atoms with van der Waals surface area (Å²) in [5.41, 5.74) is 5.36. The Labute approximate surface area is 96.4 Å². The Balaban J connectivity index is 2.25. The van der Waals surface area contributed by atoms with Crippen LogP contribution in [-0.4, -0.2) is 42.9 Å². The number of hydrogen-bond donors (Lipinski definition) is 2. The van der Waals surface area contributed by atoms with Gasteiger partial charge in [-0.2, -0.15) is 0 Å². The van der Waals surface area contributed by atoms with Crippen LogP contribution in [0.5, 0.6) is 0 Å². The topological polar surface area (TPSA) is 75.4 Å². The van der Waals surface area contributed by atoms with Gasteiger partial charge in [0.1, 0.15) is 0 Å². The van der Waals surface area contributed by atoms with Gasteiger partial charge in [-0.05, 0) is 26.3 Å². The van der Waals surface area contributed by atoms with Gasteiger partial charge in [0, 0.05) is 26.1 Å². The average molecular weight is 227 g/mol. The van der Waals surface area contributed by atoms with E-state index in [2.05, 4.69) is 5.32 Å². The lowest BCUT2D eigenvalue weighted by Gasteiger charge is -2.13. The normalized spacial score (nSPS) is 20.2. The van der Waals surface area contributed by atoms with Crippen LogP contribution in [0.2, 0.25) is 0 Å². The Hall–Kier alpha value is -1.10. The van der Waals surface area contributed by atoms with E-state index in [0.29, 0.717) is 32.6 Å². The van der Waals surface area contributed by atoms with E-state index in [-0.39, 0.29) is 17.7 Å². The largest absolute Gasteiger partial charge is 0.356 e. The Morgan fingerprint density at radius 1 is 1.56 bits per heavy atom. The first kappa shape index (κ1) is 13.0. The maximum absolute atomic E-state index is 11.7. The summed E-state index contributed by atoms with van der Waals surface area (Å²) in [5.74, 6) is -0.0729. The van der Waals surface area contributed by atoms with Gasteiger partial charge in [0.2, 0.25) is 11.8 Å². The molecule has 0 spiro atoms. The second-order valence-corrected chi connectivity index (χ2v) is 4.12. The van der Waals surface area contributed by atoms with Crippen molar-refractivity contribution in [2.45, 2.75) is 26.2 Å². The molecule has 0 aromatic heterocycles. The fraction of sp³-hybridized carbons (Fsp3) is 0.818. The number of hydrogen-bond acceptors (Lipinski definition) is 3. The summed E-state index contributed by atoms with van der Waals surface area (Å²) in [6.45, 7) is 4.50. The number of rotatable bonds is 6. The van der Waals surface area contributed by atoms with Crippen molar-refractivity contribution in [2.24, 2.45) is 11.7 Å². The zero-order valence-corrected chi connectivity index (χ0v) is 9.87. The number of nitrogens with one attached hydrogen (secondary N) is 1. The lowest BCUT2D eigenvalue weighted by atomic mass is 10.1. The fourth-order valence-corrected chi connectivity index (χ4v) is 1.88. The molecule has 0 bridgehead atoms. The number of carbonyl (C=O) groups excluding carboxylic acids is 2. The first-order valence-corrected chi connectivity index (χ1v) is 5.94. The summed E-state index contributed by atoms with van der Waals surface area (Å²) in [4.78, 5) is 24.8. The molecule has 1 fully saturated rings. The van der Waals surface area contributed by atoms with Crippen molar-refractivity contribution < 1.29 is 9.59 Å². The highest BCUT2D eigenvalue weighted by molar-refractivity contribution is 5.89. The predicted octanol–water partition coefficient (Wildman–Crippen LogP) is -0.290. The molecular formula is C11H21N3O2. The van der Waals surface area contributed by atoms with Gasteiger partial charge in [0.05, 0.1) is 5.92 Å². The van der Waals surface area contributed by atoms with Crippen LogP contribution in [0.25, 0.3) is 0 Å². The summed E-state index contributed by atoms with van der Waals surface area (Å²) >= 11 is 0. The standard InChI is InChI=1S/C11H21N3O2/c1-2-14-8-9(7-10(14)15)11(16)13-6-4-3-5-12/h9H,2-8,12H2,1H3,(H,13,16). The van der Waals surface area contributed by atoms with Crippen LogP contribution in [0.4, 0.5) is 0 Å². The molecule has 0 aromatic carbocycles. The minimum Gasteiger partial charge on any atom is -0.356 e. The molecule has 1 rings (SSSR count). The van der Waals surface area contributed by atoms with Gasteiger partial charge in [-0.3, -0.25) is 9.59 Å². The van der Waals surface area contributed by atoms with Crippen molar-refractivity contribution in [3.63, 3.8) is 0 Å². The molecule has 3 N–H and O–H groups in total. The van der Waals surface area contributed by atoms with E-state index in [1.807, 2.05) is 6.92 Å². The number of nitrogens with zero attached hydrogens (tertiary/aromatic N) is 1. The highest BCUT2D eigenvalue weighted by Crippen LogP contribution is 2.17. The van der Waals surface area contributed by atoms with Crippen LogP contribution in [0, 0.1) is 5.92 Å². The van der Waals surface area contributed by atoms with Crippen molar-refractivity contribution in [1.82, 2.24) is 10.2 Å². The second-order valence-electron chi connectivity index (χ2n) is 4.12. The van der Waals surface area contributed by atoms with Crippen LogP contribution >= 0.6 is 0 Å². The smallest absolute Gasteiger partial charge is 0.225 e. The Morgan fingerprint density at radius 3 is 2.88 bits per heavy atom.